The molecule has 0 aromatic rings. The van der Waals surface area contributed by atoms with Crippen LogP contribution >= 0.6 is 0 Å². The summed E-state index contributed by atoms with van der Waals surface area (Å²) in [4.78, 5) is 0. The first kappa shape index (κ1) is 28.1. The molecule has 3 nitrogen and oxygen atoms in total. The van der Waals surface area contributed by atoms with Crippen LogP contribution in [-0.2, 0) is 13.3 Å². The van der Waals surface area contributed by atoms with Gasteiger partial charge in [0.25, 0.3) is 0 Å². The summed E-state index contributed by atoms with van der Waals surface area (Å²) in [6.07, 6.45) is 24.9. The van der Waals surface area contributed by atoms with Crippen LogP contribution in [0, 0.1) is 0 Å². The first-order valence-electron chi connectivity index (χ1n) is 12.4. The Morgan fingerprint density at radius 2 is 0.821 bits per heavy atom. The second kappa shape index (κ2) is 20.4. The zero-order valence-electron chi connectivity index (χ0n) is 20.0. The molecule has 0 rings (SSSR count). The summed E-state index contributed by atoms with van der Waals surface area (Å²) in [6.45, 7) is 4.51. The lowest BCUT2D eigenvalue weighted by atomic mass is 10.0. The van der Waals surface area contributed by atoms with E-state index in [4.69, 9.17) is 13.3 Å². The molecule has 0 amide bonds. The molecule has 0 saturated carbocycles. The number of hydrogen-bond donors (Lipinski definition) is 0. The first-order chi connectivity index (χ1) is 13.7. The molecule has 170 valence electrons. The van der Waals surface area contributed by atoms with Gasteiger partial charge in [-0.1, -0.05) is 117 Å². The second-order valence-corrected chi connectivity index (χ2v) is 11.7. The highest BCUT2D eigenvalue weighted by Crippen LogP contribution is 2.32. The van der Waals surface area contributed by atoms with E-state index in [2.05, 4.69) is 13.8 Å². The SMILES string of the molecule is CCCCCCCCCCCCCCCCCCC(CC)[Si](OC)(OC)OC. The predicted octanol–water partition coefficient (Wildman–Crippen LogP) is 8.30. The van der Waals surface area contributed by atoms with Crippen molar-refractivity contribution in [3.63, 3.8) is 0 Å². The summed E-state index contributed by atoms with van der Waals surface area (Å²) in [5.41, 5.74) is 0.430. The molecular formula is C24H52O3Si. The molecule has 0 aromatic carbocycles. The van der Waals surface area contributed by atoms with Gasteiger partial charge in [0.1, 0.15) is 0 Å². The Morgan fingerprint density at radius 3 is 1.11 bits per heavy atom. The van der Waals surface area contributed by atoms with E-state index in [-0.39, 0.29) is 0 Å². The Kier molecular flexibility index (Phi) is 20.4. The van der Waals surface area contributed by atoms with Crippen molar-refractivity contribution in [1.29, 1.82) is 0 Å². The van der Waals surface area contributed by atoms with E-state index in [1.807, 2.05) is 0 Å². The molecule has 0 aromatic heterocycles. The van der Waals surface area contributed by atoms with Gasteiger partial charge in [0.15, 0.2) is 0 Å². The van der Waals surface area contributed by atoms with Crippen LogP contribution in [0.3, 0.4) is 0 Å². The molecule has 0 saturated heterocycles. The largest absolute Gasteiger partial charge is 0.503 e. The van der Waals surface area contributed by atoms with Gasteiger partial charge in [0, 0.05) is 26.9 Å². The second-order valence-electron chi connectivity index (χ2n) is 8.41. The maximum Gasteiger partial charge on any atom is 0.503 e. The summed E-state index contributed by atoms with van der Waals surface area (Å²) in [5.74, 6) is 0. The van der Waals surface area contributed by atoms with Crippen LogP contribution < -0.4 is 0 Å². The quantitative estimate of drug-likeness (QED) is 0.131. The van der Waals surface area contributed by atoms with Crippen molar-refractivity contribution in [2.24, 2.45) is 0 Å². The monoisotopic (exact) mass is 416 g/mol. The van der Waals surface area contributed by atoms with E-state index >= 15 is 0 Å². The van der Waals surface area contributed by atoms with E-state index < -0.39 is 8.80 Å². The topological polar surface area (TPSA) is 27.7 Å². The average Bonchev–Trinajstić information content (AvgIpc) is 2.73. The van der Waals surface area contributed by atoms with Gasteiger partial charge < -0.3 is 13.3 Å². The summed E-state index contributed by atoms with van der Waals surface area (Å²) < 4.78 is 17.0. The van der Waals surface area contributed by atoms with Crippen LogP contribution in [-0.4, -0.2) is 30.1 Å². The number of hydrogen-bond acceptors (Lipinski definition) is 3. The maximum atomic E-state index is 5.66. The fourth-order valence-corrected chi connectivity index (χ4v) is 6.88. The third-order valence-corrected chi connectivity index (χ3v) is 9.66. The third kappa shape index (κ3) is 13.3. The lowest BCUT2D eigenvalue weighted by molar-refractivity contribution is 0.108. The molecule has 0 spiro atoms. The average molecular weight is 417 g/mol. The van der Waals surface area contributed by atoms with Crippen molar-refractivity contribution in [3.05, 3.63) is 0 Å². The van der Waals surface area contributed by atoms with Crippen molar-refractivity contribution in [2.45, 2.75) is 135 Å². The van der Waals surface area contributed by atoms with Crippen LogP contribution in [0.4, 0.5) is 0 Å². The minimum absolute atomic E-state index is 0.430. The molecule has 0 aliphatic heterocycles. The Morgan fingerprint density at radius 1 is 0.500 bits per heavy atom. The Labute approximate surface area is 178 Å². The van der Waals surface area contributed by atoms with Crippen LogP contribution in [0.1, 0.15) is 129 Å². The molecule has 0 radical (unpaired) electrons. The molecule has 0 aliphatic carbocycles. The van der Waals surface area contributed by atoms with E-state index in [0.29, 0.717) is 5.54 Å². The summed E-state index contributed by atoms with van der Waals surface area (Å²) in [6, 6.07) is 0. The van der Waals surface area contributed by atoms with Crippen molar-refractivity contribution in [3.8, 4) is 0 Å². The number of rotatable bonds is 22. The summed E-state index contributed by atoms with van der Waals surface area (Å²) in [7, 11) is 2.74. The number of unbranched alkanes of at least 4 members (excludes halogenated alkanes) is 15. The molecule has 1 unspecified atom stereocenters. The molecule has 1 atom stereocenters. The molecular weight excluding hydrogens is 364 g/mol. The maximum absolute atomic E-state index is 5.66. The Balaban J connectivity index is 3.45. The molecule has 0 fully saturated rings. The van der Waals surface area contributed by atoms with E-state index in [9.17, 15) is 0 Å². The zero-order valence-corrected chi connectivity index (χ0v) is 21.0. The third-order valence-electron chi connectivity index (χ3n) is 6.25. The van der Waals surface area contributed by atoms with Gasteiger partial charge in [0.2, 0.25) is 0 Å². The van der Waals surface area contributed by atoms with Crippen molar-refractivity contribution in [2.75, 3.05) is 21.3 Å². The van der Waals surface area contributed by atoms with Crippen molar-refractivity contribution in [1.82, 2.24) is 0 Å². The van der Waals surface area contributed by atoms with Crippen LogP contribution in [0.2, 0.25) is 5.54 Å². The van der Waals surface area contributed by atoms with Crippen LogP contribution in [0.25, 0.3) is 0 Å². The highest BCUT2D eigenvalue weighted by molar-refractivity contribution is 6.62. The minimum Gasteiger partial charge on any atom is -0.377 e. The van der Waals surface area contributed by atoms with Gasteiger partial charge in [-0.3, -0.25) is 0 Å². The highest BCUT2D eigenvalue weighted by Gasteiger charge is 2.45. The molecule has 0 bridgehead atoms. The van der Waals surface area contributed by atoms with Gasteiger partial charge in [-0.25, -0.2) is 0 Å². The van der Waals surface area contributed by atoms with Gasteiger partial charge in [-0.15, -0.1) is 0 Å². The van der Waals surface area contributed by atoms with Crippen molar-refractivity contribution >= 4 is 8.80 Å². The van der Waals surface area contributed by atoms with Gasteiger partial charge in [0.05, 0.1) is 0 Å². The predicted molar refractivity (Wildman–Crippen MR) is 125 cm³/mol. The molecule has 28 heavy (non-hydrogen) atoms. The Hall–Kier alpha value is 0.0969. The summed E-state index contributed by atoms with van der Waals surface area (Å²) in [5, 5.41) is 0. The minimum atomic E-state index is -2.46. The van der Waals surface area contributed by atoms with E-state index in [1.54, 1.807) is 21.3 Å². The van der Waals surface area contributed by atoms with E-state index in [0.717, 1.165) is 12.8 Å². The lowest BCUT2D eigenvalue weighted by Crippen LogP contribution is -2.47. The van der Waals surface area contributed by atoms with Gasteiger partial charge in [-0.05, 0) is 12.8 Å². The fourth-order valence-electron chi connectivity index (χ4n) is 4.32. The van der Waals surface area contributed by atoms with Crippen LogP contribution in [0.15, 0.2) is 0 Å². The van der Waals surface area contributed by atoms with Gasteiger partial charge in [-0.2, -0.15) is 0 Å². The fraction of sp³-hybridized carbons (Fsp3) is 1.00. The molecule has 0 aliphatic rings. The molecule has 0 heterocycles. The standard InChI is InChI=1S/C24H52O3Si/c1-6-8-9-10-11-12-13-14-15-16-17-18-19-20-21-22-23-24(7-2)28(25-3,26-4)27-5/h24H,6-23H2,1-5H3. The first-order valence-corrected chi connectivity index (χ1v) is 14.2. The lowest BCUT2D eigenvalue weighted by Gasteiger charge is -2.31. The van der Waals surface area contributed by atoms with Crippen molar-refractivity contribution < 1.29 is 13.3 Å². The normalized spacial score (nSPS) is 13.2. The van der Waals surface area contributed by atoms with Gasteiger partial charge >= 0.3 is 8.80 Å². The van der Waals surface area contributed by atoms with E-state index in [1.165, 1.54) is 103 Å². The smallest absolute Gasteiger partial charge is 0.377 e. The summed E-state index contributed by atoms with van der Waals surface area (Å²) >= 11 is 0. The molecule has 0 N–H and O–H groups in total. The highest BCUT2D eigenvalue weighted by atomic mass is 28.4. The zero-order chi connectivity index (χ0) is 20.9. The molecule has 4 heteroatoms. The Bertz CT molecular complexity index is 300. The van der Waals surface area contributed by atoms with Crippen LogP contribution in [0.5, 0.6) is 0 Å².